The predicted octanol–water partition coefficient (Wildman–Crippen LogP) is 3.67. The quantitative estimate of drug-likeness (QED) is 0.795. The van der Waals surface area contributed by atoms with Gasteiger partial charge in [0.2, 0.25) is 0 Å². The Morgan fingerprint density at radius 1 is 1.20 bits per heavy atom. The van der Waals surface area contributed by atoms with E-state index >= 15 is 0 Å². The van der Waals surface area contributed by atoms with Gasteiger partial charge in [0.05, 0.1) is 25.8 Å². The SMILES string of the molecule is COc1ccc(-c2ccccc2[C@H]2[C@@H](CO)N(C(=O)NC3CCCC3)[C@H]2C#N)cc1. The van der Waals surface area contributed by atoms with E-state index < -0.39 is 12.1 Å². The van der Waals surface area contributed by atoms with E-state index in [1.54, 1.807) is 7.11 Å². The van der Waals surface area contributed by atoms with E-state index in [2.05, 4.69) is 11.4 Å². The lowest BCUT2D eigenvalue weighted by Gasteiger charge is -2.52. The van der Waals surface area contributed by atoms with Gasteiger partial charge in [0.1, 0.15) is 11.8 Å². The topological polar surface area (TPSA) is 85.6 Å². The van der Waals surface area contributed by atoms with Crippen LogP contribution in [0.5, 0.6) is 5.75 Å². The normalized spacial score (nSPS) is 23.5. The van der Waals surface area contributed by atoms with Gasteiger partial charge in [-0.1, -0.05) is 49.2 Å². The minimum atomic E-state index is -0.608. The van der Waals surface area contributed by atoms with Gasteiger partial charge in [-0.25, -0.2) is 4.79 Å². The number of hydrogen-bond donors (Lipinski definition) is 2. The molecule has 4 rings (SSSR count). The van der Waals surface area contributed by atoms with Crippen LogP contribution < -0.4 is 10.1 Å². The predicted molar refractivity (Wildman–Crippen MR) is 114 cm³/mol. The highest BCUT2D eigenvalue weighted by Gasteiger charge is 2.52. The number of aliphatic hydroxyl groups excluding tert-OH is 1. The minimum Gasteiger partial charge on any atom is -0.497 e. The molecule has 1 heterocycles. The number of hydrogen-bond acceptors (Lipinski definition) is 4. The van der Waals surface area contributed by atoms with Crippen LogP contribution in [0.3, 0.4) is 0 Å². The van der Waals surface area contributed by atoms with E-state index in [4.69, 9.17) is 4.74 Å². The van der Waals surface area contributed by atoms with E-state index in [1.807, 2.05) is 48.5 Å². The van der Waals surface area contributed by atoms with Crippen molar-refractivity contribution >= 4 is 6.03 Å². The van der Waals surface area contributed by atoms with Crippen molar-refractivity contribution in [2.45, 2.75) is 49.7 Å². The number of carbonyl (C=O) groups is 1. The van der Waals surface area contributed by atoms with Crippen LogP contribution in [0.1, 0.15) is 37.2 Å². The molecule has 156 valence electrons. The number of rotatable bonds is 5. The Morgan fingerprint density at radius 2 is 1.90 bits per heavy atom. The smallest absolute Gasteiger partial charge is 0.319 e. The molecule has 0 radical (unpaired) electrons. The standard InChI is InChI=1S/C24H27N3O3/c1-30-18-12-10-16(11-13-18)19-8-4-5-9-20(19)23-21(14-25)27(22(23)15-28)24(29)26-17-6-2-3-7-17/h4-5,8-13,17,21-23,28H,2-3,6-7,15H2,1H3,(H,26,29)/t21-,22+,23+/m0/s1. The first-order valence-electron chi connectivity index (χ1n) is 10.5. The van der Waals surface area contributed by atoms with Crippen molar-refractivity contribution in [2.24, 2.45) is 0 Å². The fourth-order valence-electron chi connectivity index (χ4n) is 4.80. The Morgan fingerprint density at radius 3 is 2.53 bits per heavy atom. The molecule has 0 spiro atoms. The van der Waals surface area contributed by atoms with Crippen LogP contribution in [-0.2, 0) is 0 Å². The second-order valence-corrected chi connectivity index (χ2v) is 8.00. The van der Waals surface area contributed by atoms with Crippen LogP contribution in [0.25, 0.3) is 11.1 Å². The number of urea groups is 1. The molecule has 0 bridgehead atoms. The van der Waals surface area contributed by atoms with Crippen LogP contribution >= 0.6 is 0 Å². The molecule has 2 N–H and O–H groups in total. The maximum absolute atomic E-state index is 12.9. The number of nitrogens with one attached hydrogen (secondary N) is 1. The summed E-state index contributed by atoms with van der Waals surface area (Å²) in [5.74, 6) is 0.533. The Labute approximate surface area is 177 Å². The van der Waals surface area contributed by atoms with Gasteiger partial charge in [0, 0.05) is 12.0 Å². The molecule has 30 heavy (non-hydrogen) atoms. The third kappa shape index (κ3) is 3.61. The number of benzene rings is 2. The zero-order valence-electron chi connectivity index (χ0n) is 17.1. The second kappa shape index (κ2) is 8.76. The molecule has 2 amide bonds. The average molecular weight is 405 g/mol. The number of likely N-dealkylation sites (tertiary alicyclic amines) is 1. The largest absolute Gasteiger partial charge is 0.497 e. The first kappa shape index (κ1) is 20.2. The number of ether oxygens (including phenoxy) is 1. The fourth-order valence-corrected chi connectivity index (χ4v) is 4.80. The summed E-state index contributed by atoms with van der Waals surface area (Å²) in [6, 6.07) is 16.9. The van der Waals surface area contributed by atoms with Gasteiger partial charge in [0.15, 0.2) is 0 Å². The van der Waals surface area contributed by atoms with E-state index in [0.717, 1.165) is 48.1 Å². The van der Waals surface area contributed by atoms with E-state index in [9.17, 15) is 15.2 Å². The lowest BCUT2D eigenvalue weighted by atomic mass is 9.73. The molecule has 2 aliphatic rings. The van der Waals surface area contributed by atoms with Gasteiger partial charge in [-0.2, -0.15) is 5.26 Å². The Kier molecular flexibility index (Phi) is 5.91. The molecule has 6 heteroatoms. The number of nitriles is 1. The molecule has 1 saturated carbocycles. The molecular formula is C24H27N3O3. The number of carbonyl (C=O) groups excluding carboxylic acids is 1. The van der Waals surface area contributed by atoms with Gasteiger partial charge in [-0.3, -0.25) is 0 Å². The monoisotopic (exact) mass is 405 g/mol. The number of methoxy groups -OCH3 is 1. The van der Waals surface area contributed by atoms with Gasteiger partial charge in [-0.05, 0) is 41.7 Å². The van der Waals surface area contributed by atoms with Gasteiger partial charge in [0.25, 0.3) is 0 Å². The van der Waals surface area contributed by atoms with Crippen molar-refractivity contribution in [2.75, 3.05) is 13.7 Å². The van der Waals surface area contributed by atoms with Crippen molar-refractivity contribution in [3.05, 3.63) is 54.1 Å². The molecule has 2 fully saturated rings. The van der Waals surface area contributed by atoms with Crippen molar-refractivity contribution in [3.63, 3.8) is 0 Å². The molecule has 2 aromatic carbocycles. The van der Waals surface area contributed by atoms with E-state index in [0.29, 0.717) is 0 Å². The third-order valence-electron chi connectivity index (χ3n) is 6.37. The van der Waals surface area contributed by atoms with Crippen LogP contribution in [-0.4, -0.2) is 47.9 Å². The summed E-state index contributed by atoms with van der Waals surface area (Å²) in [6.45, 7) is -0.183. The van der Waals surface area contributed by atoms with E-state index in [1.165, 1.54) is 4.90 Å². The summed E-state index contributed by atoms with van der Waals surface area (Å²) in [7, 11) is 1.63. The average Bonchev–Trinajstić information content (AvgIpc) is 3.27. The van der Waals surface area contributed by atoms with Crippen LogP contribution in [0.15, 0.2) is 48.5 Å². The molecule has 1 aliphatic heterocycles. The Hall–Kier alpha value is -3.04. The van der Waals surface area contributed by atoms with Gasteiger partial charge in [-0.15, -0.1) is 0 Å². The molecular weight excluding hydrogens is 378 g/mol. The summed E-state index contributed by atoms with van der Waals surface area (Å²) in [6.07, 6.45) is 4.19. The molecule has 0 unspecified atom stereocenters. The van der Waals surface area contributed by atoms with Crippen LogP contribution in [0.2, 0.25) is 0 Å². The molecule has 1 saturated heterocycles. The first-order valence-corrected chi connectivity index (χ1v) is 10.5. The van der Waals surface area contributed by atoms with E-state index in [-0.39, 0.29) is 24.6 Å². The van der Waals surface area contributed by atoms with Crippen molar-refractivity contribution in [1.82, 2.24) is 10.2 Å². The maximum atomic E-state index is 12.9. The lowest BCUT2D eigenvalue weighted by Crippen LogP contribution is -2.67. The maximum Gasteiger partial charge on any atom is 0.319 e. The van der Waals surface area contributed by atoms with Gasteiger partial charge < -0.3 is 20.1 Å². The molecule has 3 atom stereocenters. The van der Waals surface area contributed by atoms with Crippen molar-refractivity contribution in [1.29, 1.82) is 5.26 Å². The lowest BCUT2D eigenvalue weighted by molar-refractivity contribution is 0.0160. The zero-order chi connectivity index (χ0) is 21.1. The number of aliphatic hydroxyl groups is 1. The minimum absolute atomic E-state index is 0.168. The molecule has 2 aromatic rings. The Balaban J connectivity index is 1.62. The third-order valence-corrected chi connectivity index (χ3v) is 6.37. The fraction of sp³-hybridized carbons (Fsp3) is 0.417. The molecule has 1 aliphatic carbocycles. The van der Waals surface area contributed by atoms with Crippen LogP contribution in [0.4, 0.5) is 4.79 Å². The summed E-state index contributed by atoms with van der Waals surface area (Å²) in [5, 5.41) is 23.0. The molecule has 6 nitrogen and oxygen atoms in total. The van der Waals surface area contributed by atoms with Crippen molar-refractivity contribution in [3.8, 4) is 22.9 Å². The number of nitrogens with zero attached hydrogens (tertiary/aromatic N) is 2. The van der Waals surface area contributed by atoms with Crippen LogP contribution in [0, 0.1) is 11.3 Å². The summed E-state index contributed by atoms with van der Waals surface area (Å²) in [5.41, 5.74) is 2.98. The zero-order valence-corrected chi connectivity index (χ0v) is 17.1. The highest BCUT2D eigenvalue weighted by Crippen LogP contribution is 2.44. The molecule has 0 aromatic heterocycles. The van der Waals surface area contributed by atoms with Gasteiger partial charge >= 0.3 is 6.03 Å². The number of amides is 2. The summed E-state index contributed by atoms with van der Waals surface area (Å²) in [4.78, 5) is 14.4. The van der Waals surface area contributed by atoms with Crippen molar-refractivity contribution < 1.29 is 14.6 Å². The Bertz CT molecular complexity index is 931. The summed E-state index contributed by atoms with van der Waals surface area (Å²) < 4.78 is 5.25. The summed E-state index contributed by atoms with van der Waals surface area (Å²) >= 11 is 0. The second-order valence-electron chi connectivity index (χ2n) is 8.00. The highest BCUT2D eigenvalue weighted by molar-refractivity contribution is 5.79. The first-order chi connectivity index (χ1) is 14.7. The highest BCUT2D eigenvalue weighted by atomic mass is 16.5.